The van der Waals surface area contributed by atoms with E-state index in [0.717, 1.165) is 22.7 Å². The molecule has 4 aromatic rings. The molecule has 5 nitrogen and oxygen atoms in total. The van der Waals surface area contributed by atoms with E-state index in [1.807, 2.05) is 43.2 Å². The number of nitrogens with one attached hydrogen (secondary N) is 2. The second kappa shape index (κ2) is 7.72. The molecule has 0 fully saturated rings. The smallest absolute Gasteiger partial charge is 0.106 e. The Kier molecular flexibility index (Phi) is 4.80. The van der Waals surface area contributed by atoms with Crippen molar-refractivity contribution >= 4 is 63.8 Å². The Morgan fingerprint density at radius 3 is 1.39 bits per heavy atom. The predicted octanol–water partition coefficient (Wildman–Crippen LogP) is 5.67. The summed E-state index contributed by atoms with van der Waals surface area (Å²) in [5.74, 6) is 0. The second-order valence-electron chi connectivity index (χ2n) is 6.17. The Morgan fingerprint density at radius 2 is 0.964 bits per heavy atom. The van der Waals surface area contributed by atoms with Gasteiger partial charge in [0.15, 0.2) is 0 Å². The van der Waals surface area contributed by atoms with E-state index in [0.29, 0.717) is 0 Å². The number of rotatable bonds is 0. The van der Waals surface area contributed by atoms with Crippen LogP contribution in [0.15, 0.2) is 82.8 Å². The van der Waals surface area contributed by atoms with Gasteiger partial charge in [-0.2, -0.15) is 0 Å². The first kappa shape index (κ1) is 17.4. The number of benzene rings is 4. The van der Waals surface area contributed by atoms with E-state index in [1.165, 1.54) is 21.5 Å². The van der Waals surface area contributed by atoms with E-state index >= 15 is 0 Å². The molecule has 0 saturated heterocycles. The fourth-order valence-electron chi connectivity index (χ4n) is 3.44. The molecule has 5 heteroatoms. The van der Waals surface area contributed by atoms with Crippen molar-refractivity contribution in [3.63, 3.8) is 0 Å². The molecule has 28 heavy (non-hydrogen) atoms. The molecule has 0 radical (unpaired) electrons. The van der Waals surface area contributed by atoms with E-state index in [9.17, 15) is 0 Å². The predicted molar refractivity (Wildman–Crippen MR) is 119 cm³/mol. The lowest BCUT2D eigenvalue weighted by Crippen LogP contribution is -1.99. The van der Waals surface area contributed by atoms with Gasteiger partial charge in [-0.3, -0.25) is 0 Å². The van der Waals surface area contributed by atoms with Crippen LogP contribution in [0.25, 0.3) is 21.5 Å². The van der Waals surface area contributed by atoms with Crippen molar-refractivity contribution in [2.24, 2.45) is 9.98 Å². The highest BCUT2D eigenvalue weighted by molar-refractivity contribution is 6.09. The monoisotopic (exact) mass is 366 g/mol. The molecule has 136 valence electrons. The number of anilines is 2. The fourth-order valence-corrected chi connectivity index (χ4v) is 3.44. The highest BCUT2D eigenvalue weighted by Crippen LogP contribution is 2.35. The van der Waals surface area contributed by atoms with Crippen LogP contribution in [0, 0.1) is 0 Å². The average molecular weight is 366 g/mol. The summed E-state index contributed by atoms with van der Waals surface area (Å²) in [5.41, 5.74) is 4.38. The van der Waals surface area contributed by atoms with Gasteiger partial charge >= 0.3 is 0 Å². The van der Waals surface area contributed by atoms with E-state index in [2.05, 4.69) is 57.0 Å². The Labute approximate surface area is 162 Å². The van der Waals surface area contributed by atoms with Crippen molar-refractivity contribution in [3.05, 3.63) is 72.8 Å². The van der Waals surface area contributed by atoms with Gasteiger partial charge in [0.05, 0.1) is 24.1 Å². The first-order valence-corrected chi connectivity index (χ1v) is 8.81. The third kappa shape index (κ3) is 3.10. The lowest BCUT2D eigenvalue weighted by atomic mass is 10.1. The summed E-state index contributed by atoms with van der Waals surface area (Å²) in [6, 6.07) is 24.8. The topological polar surface area (TPSA) is 65.8 Å². The van der Waals surface area contributed by atoms with Crippen LogP contribution < -0.4 is 10.6 Å². The maximum atomic E-state index is 8.00. The molecule has 0 unspecified atom stereocenters. The molecular weight excluding hydrogens is 348 g/mol. The number of carbonyl (C=O) groups excluding carboxylic acids is 1. The Hall–Kier alpha value is -3.99. The summed E-state index contributed by atoms with van der Waals surface area (Å²) >= 11 is 0. The van der Waals surface area contributed by atoms with Gasteiger partial charge in [0.1, 0.15) is 6.79 Å². The number of nitrogens with zero attached hydrogens (tertiary/aromatic N) is 2. The zero-order chi connectivity index (χ0) is 19.3. The summed E-state index contributed by atoms with van der Waals surface area (Å²) in [7, 11) is 0. The minimum Gasteiger partial charge on any atom is -0.346 e. The van der Waals surface area contributed by atoms with Crippen molar-refractivity contribution < 1.29 is 4.79 Å². The van der Waals surface area contributed by atoms with Gasteiger partial charge in [-0.25, -0.2) is 9.98 Å². The normalized spacial score (nSPS) is 12.1. The van der Waals surface area contributed by atoms with E-state index < -0.39 is 0 Å². The molecule has 0 atom stereocenters. The quantitative estimate of drug-likeness (QED) is 0.422. The maximum Gasteiger partial charge on any atom is 0.106 e. The minimum atomic E-state index is 1.05. The number of hydrogen-bond acceptors (Lipinski definition) is 5. The van der Waals surface area contributed by atoms with Crippen LogP contribution in [0.1, 0.15) is 0 Å². The van der Waals surface area contributed by atoms with Gasteiger partial charge in [-0.1, -0.05) is 48.5 Å². The van der Waals surface area contributed by atoms with Crippen LogP contribution in [-0.4, -0.2) is 19.5 Å². The van der Waals surface area contributed by atoms with Gasteiger partial charge in [0.25, 0.3) is 0 Å². The van der Waals surface area contributed by atoms with Crippen molar-refractivity contribution in [3.8, 4) is 0 Å². The van der Waals surface area contributed by atoms with Crippen molar-refractivity contribution in [2.75, 3.05) is 10.6 Å². The van der Waals surface area contributed by atoms with Crippen LogP contribution >= 0.6 is 0 Å². The van der Waals surface area contributed by atoms with Gasteiger partial charge in [-0.05, 0) is 35.0 Å². The molecule has 4 aromatic carbocycles. The zero-order valence-corrected chi connectivity index (χ0v) is 15.1. The van der Waals surface area contributed by atoms with E-state index in [1.54, 1.807) is 12.7 Å². The van der Waals surface area contributed by atoms with Crippen molar-refractivity contribution in [1.29, 1.82) is 0 Å². The summed E-state index contributed by atoms with van der Waals surface area (Å²) in [4.78, 5) is 16.6. The zero-order valence-electron chi connectivity index (χ0n) is 15.1. The molecule has 0 amide bonds. The highest BCUT2D eigenvalue weighted by Gasteiger charge is 2.08. The van der Waals surface area contributed by atoms with Crippen LogP contribution in [-0.2, 0) is 4.79 Å². The molecule has 0 saturated carbocycles. The largest absolute Gasteiger partial charge is 0.346 e. The van der Waals surface area contributed by atoms with Crippen LogP contribution in [0.4, 0.5) is 22.7 Å². The first-order valence-electron chi connectivity index (χ1n) is 8.81. The maximum absolute atomic E-state index is 8.00. The summed E-state index contributed by atoms with van der Waals surface area (Å²) in [6.45, 7) is 2.00. The minimum absolute atomic E-state index is 1.05. The van der Waals surface area contributed by atoms with Crippen LogP contribution in [0.5, 0.6) is 0 Å². The summed E-state index contributed by atoms with van der Waals surface area (Å²) in [6.07, 6.45) is 3.47. The van der Waals surface area contributed by atoms with Crippen LogP contribution in [0.3, 0.4) is 0 Å². The van der Waals surface area contributed by atoms with E-state index in [-0.39, 0.29) is 0 Å². The highest BCUT2D eigenvalue weighted by atomic mass is 16.1. The molecule has 6 rings (SSSR count). The van der Waals surface area contributed by atoms with Crippen LogP contribution in [0.2, 0.25) is 0 Å². The third-order valence-electron chi connectivity index (χ3n) is 4.61. The standard InChI is InChI=1S/2C11H8N2.CH2O/c2*1-3-8-4-2-6-10-11(8)9(5-1)12-7-13-10;1-2/h2*1-7H,(H,12,13);1H2. The fraction of sp³-hybridized carbons (Fsp3) is 0. The lowest BCUT2D eigenvalue weighted by Gasteiger charge is -2.12. The van der Waals surface area contributed by atoms with Crippen molar-refractivity contribution in [2.45, 2.75) is 0 Å². The summed E-state index contributed by atoms with van der Waals surface area (Å²) in [5, 5.41) is 11.2. The SMILES string of the molecule is C1=Nc2cccc3cccc(c23)N1.C1=Nc2cccc3cccc(c23)N1.C=O. The van der Waals surface area contributed by atoms with E-state index in [4.69, 9.17) is 4.79 Å². The molecule has 0 aliphatic carbocycles. The lowest BCUT2D eigenvalue weighted by molar-refractivity contribution is -0.0979. The number of carbonyl (C=O) groups is 1. The number of hydrogen-bond donors (Lipinski definition) is 2. The molecule has 2 aliphatic rings. The van der Waals surface area contributed by atoms with Crippen molar-refractivity contribution in [1.82, 2.24) is 0 Å². The molecule has 2 N–H and O–H groups in total. The summed E-state index contributed by atoms with van der Waals surface area (Å²) < 4.78 is 0. The third-order valence-corrected chi connectivity index (χ3v) is 4.61. The Balaban J connectivity index is 0.000000126. The molecule has 0 spiro atoms. The second-order valence-corrected chi connectivity index (χ2v) is 6.17. The Bertz CT molecular complexity index is 1110. The van der Waals surface area contributed by atoms with Gasteiger partial charge in [0.2, 0.25) is 0 Å². The molecule has 0 aromatic heterocycles. The average Bonchev–Trinajstić information content (AvgIpc) is 2.77. The van der Waals surface area contributed by atoms with Gasteiger partial charge in [-0.15, -0.1) is 0 Å². The Morgan fingerprint density at radius 1 is 0.571 bits per heavy atom. The van der Waals surface area contributed by atoms with Gasteiger partial charge in [0, 0.05) is 22.1 Å². The molecule has 2 aliphatic heterocycles. The molecule has 2 heterocycles. The molecule has 0 bridgehead atoms. The first-order chi connectivity index (χ1) is 13.9. The number of aliphatic imine (C=N–C) groups is 2. The van der Waals surface area contributed by atoms with Gasteiger partial charge < -0.3 is 15.4 Å². The molecular formula is C23H18N4O.